The van der Waals surface area contributed by atoms with Crippen LogP contribution in [-0.4, -0.2) is 48.1 Å². The van der Waals surface area contributed by atoms with E-state index in [1.165, 1.54) is 11.1 Å². The van der Waals surface area contributed by atoms with Crippen molar-refractivity contribution in [2.75, 3.05) is 31.5 Å². The minimum atomic E-state index is -0.335. The Hall–Kier alpha value is -3.06. The third-order valence-corrected chi connectivity index (χ3v) is 5.74. The zero-order chi connectivity index (χ0) is 22.0. The topological polar surface area (TPSA) is 73.9 Å². The fraction of sp³-hybridized carbons (Fsp3) is 0.417. The number of piperazine rings is 1. The largest absolute Gasteiger partial charge is 0.415 e. The van der Waals surface area contributed by atoms with Crippen molar-refractivity contribution < 1.29 is 14.3 Å². The Morgan fingerprint density at radius 3 is 2.23 bits per heavy atom. The molecule has 2 aromatic rings. The van der Waals surface area contributed by atoms with Gasteiger partial charge in [0.15, 0.2) is 0 Å². The maximum Gasteiger partial charge on any atom is 0.415 e. The van der Waals surface area contributed by atoms with Crippen molar-refractivity contribution in [1.29, 1.82) is 0 Å². The molecule has 0 atom stereocenters. The number of nitrogens with one attached hydrogen (secondary N) is 2. The molecule has 4 rings (SSSR count). The number of hydrogen-bond donors (Lipinski definition) is 2. The Kier molecular flexibility index (Phi) is 5.87. The fourth-order valence-corrected chi connectivity index (χ4v) is 3.97. The van der Waals surface area contributed by atoms with E-state index in [2.05, 4.69) is 43.5 Å². The summed E-state index contributed by atoms with van der Waals surface area (Å²) in [5, 5.41) is 6.23. The monoisotopic (exact) mass is 422 g/mol. The highest BCUT2D eigenvalue weighted by atomic mass is 16.6. The van der Waals surface area contributed by atoms with Crippen LogP contribution in [0.15, 0.2) is 42.5 Å². The molecule has 2 aliphatic rings. The Labute approximate surface area is 183 Å². The normalized spacial score (nSPS) is 16.1. The van der Waals surface area contributed by atoms with Crippen LogP contribution in [0.25, 0.3) is 0 Å². The summed E-state index contributed by atoms with van der Waals surface area (Å²) in [7, 11) is 0. The minimum absolute atomic E-state index is 0.137. The molecule has 164 valence electrons. The lowest BCUT2D eigenvalue weighted by Crippen LogP contribution is -2.47. The second kappa shape index (κ2) is 8.59. The molecule has 2 N–H and O–H groups in total. The lowest BCUT2D eigenvalue weighted by Gasteiger charge is -2.28. The summed E-state index contributed by atoms with van der Waals surface area (Å²) in [6, 6.07) is 13.4. The van der Waals surface area contributed by atoms with Crippen LogP contribution in [0.5, 0.6) is 5.75 Å². The summed E-state index contributed by atoms with van der Waals surface area (Å²) in [6.45, 7) is 10.2. The number of rotatable bonds is 2. The minimum Gasteiger partial charge on any atom is -0.410 e. The molecule has 0 radical (unpaired) electrons. The number of urea groups is 1. The summed E-state index contributed by atoms with van der Waals surface area (Å²) in [5.41, 5.74) is 3.67. The first-order valence-electron chi connectivity index (χ1n) is 10.8. The van der Waals surface area contributed by atoms with Gasteiger partial charge in [-0.25, -0.2) is 9.59 Å². The second-order valence-electron chi connectivity index (χ2n) is 9.12. The molecule has 0 aliphatic carbocycles. The number of anilines is 1. The van der Waals surface area contributed by atoms with E-state index >= 15 is 0 Å². The molecule has 0 aromatic heterocycles. The first-order chi connectivity index (χ1) is 14.8. The van der Waals surface area contributed by atoms with E-state index in [0.29, 0.717) is 37.6 Å². The van der Waals surface area contributed by atoms with Crippen LogP contribution in [0.2, 0.25) is 0 Å². The van der Waals surface area contributed by atoms with E-state index in [0.717, 1.165) is 18.7 Å². The van der Waals surface area contributed by atoms with E-state index in [9.17, 15) is 9.59 Å². The number of fused-ring (bicyclic) bond motifs is 1. The van der Waals surface area contributed by atoms with Gasteiger partial charge in [-0.1, -0.05) is 45.0 Å². The van der Waals surface area contributed by atoms with Crippen molar-refractivity contribution >= 4 is 17.8 Å². The van der Waals surface area contributed by atoms with Gasteiger partial charge < -0.3 is 25.2 Å². The quantitative estimate of drug-likeness (QED) is 0.769. The van der Waals surface area contributed by atoms with E-state index in [1.807, 2.05) is 18.2 Å². The first-order valence-corrected chi connectivity index (χ1v) is 10.8. The highest BCUT2D eigenvalue weighted by molar-refractivity contribution is 5.90. The number of benzene rings is 2. The Bertz CT molecular complexity index is 952. The molecule has 2 aromatic carbocycles. The van der Waals surface area contributed by atoms with Crippen LogP contribution in [0.4, 0.5) is 15.3 Å². The van der Waals surface area contributed by atoms with Crippen LogP contribution >= 0.6 is 0 Å². The maximum absolute atomic E-state index is 12.8. The molecule has 31 heavy (non-hydrogen) atoms. The lowest BCUT2D eigenvalue weighted by atomic mass is 9.86. The number of ether oxygens (including phenoxy) is 1. The summed E-state index contributed by atoms with van der Waals surface area (Å²) in [6.07, 6.45) is -0.335. The van der Waals surface area contributed by atoms with E-state index in [1.54, 1.807) is 21.9 Å². The van der Waals surface area contributed by atoms with Crippen LogP contribution < -0.4 is 15.4 Å². The third kappa shape index (κ3) is 4.82. The Morgan fingerprint density at radius 2 is 1.61 bits per heavy atom. The van der Waals surface area contributed by atoms with Crippen molar-refractivity contribution in [3.63, 3.8) is 0 Å². The third-order valence-electron chi connectivity index (χ3n) is 5.74. The zero-order valence-electron chi connectivity index (χ0n) is 18.4. The number of carbonyl (C=O) groups is 2. The number of amides is 3. The second-order valence-corrected chi connectivity index (χ2v) is 9.12. The van der Waals surface area contributed by atoms with E-state index < -0.39 is 0 Å². The lowest BCUT2D eigenvalue weighted by molar-refractivity contribution is 0.145. The molecule has 7 heteroatoms. The highest BCUT2D eigenvalue weighted by Gasteiger charge is 2.26. The predicted octanol–water partition coefficient (Wildman–Crippen LogP) is 3.94. The van der Waals surface area contributed by atoms with Crippen molar-refractivity contribution in [2.45, 2.75) is 39.3 Å². The average Bonchev–Trinajstić information content (AvgIpc) is 3.19. The maximum atomic E-state index is 12.8. The van der Waals surface area contributed by atoms with Gasteiger partial charge in [-0.15, -0.1) is 0 Å². The van der Waals surface area contributed by atoms with Gasteiger partial charge in [-0.3, -0.25) is 0 Å². The summed E-state index contributed by atoms with van der Waals surface area (Å²) < 4.78 is 5.75. The van der Waals surface area contributed by atoms with Crippen LogP contribution in [0.3, 0.4) is 0 Å². The van der Waals surface area contributed by atoms with Crippen molar-refractivity contribution in [2.24, 2.45) is 0 Å². The first kappa shape index (κ1) is 21.2. The summed E-state index contributed by atoms with van der Waals surface area (Å²) >= 11 is 0. The molecule has 0 saturated carbocycles. The van der Waals surface area contributed by atoms with Crippen molar-refractivity contribution in [3.8, 4) is 5.75 Å². The Morgan fingerprint density at radius 1 is 0.968 bits per heavy atom. The van der Waals surface area contributed by atoms with E-state index in [4.69, 9.17) is 4.74 Å². The molecule has 1 fully saturated rings. The van der Waals surface area contributed by atoms with Gasteiger partial charge >= 0.3 is 12.1 Å². The molecule has 1 saturated heterocycles. The van der Waals surface area contributed by atoms with Gasteiger partial charge in [0.05, 0.1) is 0 Å². The average molecular weight is 423 g/mol. The van der Waals surface area contributed by atoms with Crippen LogP contribution in [0, 0.1) is 0 Å². The number of carbonyl (C=O) groups excluding carboxylic acids is 2. The highest BCUT2D eigenvalue weighted by Crippen LogP contribution is 2.34. The fourth-order valence-electron chi connectivity index (χ4n) is 3.97. The molecular weight excluding hydrogens is 392 g/mol. The molecule has 3 amide bonds. The number of hydrogen-bond acceptors (Lipinski definition) is 4. The Balaban J connectivity index is 1.48. The summed E-state index contributed by atoms with van der Waals surface area (Å²) in [5.74, 6) is 0.530. The molecule has 0 bridgehead atoms. The van der Waals surface area contributed by atoms with E-state index in [-0.39, 0.29) is 17.5 Å². The van der Waals surface area contributed by atoms with Gasteiger partial charge in [-0.2, -0.15) is 0 Å². The zero-order valence-corrected chi connectivity index (χ0v) is 18.4. The number of nitrogens with zero attached hydrogens (tertiary/aromatic N) is 2. The van der Waals surface area contributed by atoms with Gasteiger partial charge in [-0.05, 0) is 34.7 Å². The molecular formula is C24H30N4O3. The van der Waals surface area contributed by atoms with Gasteiger partial charge in [0.1, 0.15) is 5.75 Å². The van der Waals surface area contributed by atoms with Gasteiger partial charge in [0.25, 0.3) is 0 Å². The molecule has 0 unspecified atom stereocenters. The smallest absolute Gasteiger partial charge is 0.410 e. The van der Waals surface area contributed by atoms with Crippen LogP contribution in [-0.2, 0) is 18.5 Å². The predicted molar refractivity (Wildman–Crippen MR) is 120 cm³/mol. The van der Waals surface area contributed by atoms with Crippen LogP contribution in [0.1, 0.15) is 37.5 Å². The molecule has 2 heterocycles. The van der Waals surface area contributed by atoms with Crippen molar-refractivity contribution in [1.82, 2.24) is 15.1 Å². The molecule has 0 spiro atoms. The SMILES string of the molecule is CC(C)(C)c1cc(NC(=O)N2Cc3ccccc3C2)ccc1OC(=O)N1CCNCC1. The van der Waals surface area contributed by atoms with Gasteiger partial charge in [0.2, 0.25) is 0 Å². The van der Waals surface area contributed by atoms with Crippen molar-refractivity contribution in [3.05, 3.63) is 59.2 Å². The van der Waals surface area contributed by atoms with Gasteiger partial charge in [0, 0.05) is 50.5 Å². The summed E-state index contributed by atoms with van der Waals surface area (Å²) in [4.78, 5) is 28.9. The molecule has 7 nitrogen and oxygen atoms in total. The molecule has 2 aliphatic heterocycles. The standard InChI is InChI=1S/C24H30N4O3/c1-24(2,3)20-14-19(8-9-21(20)31-23(30)27-12-10-25-11-13-27)26-22(29)28-15-17-6-4-5-7-18(17)16-28/h4-9,14,25H,10-13,15-16H2,1-3H3,(H,26,29).